The molecule has 6 nitrogen and oxygen atoms in total. The fourth-order valence-electron chi connectivity index (χ4n) is 2.89. The van der Waals surface area contributed by atoms with E-state index in [0.717, 1.165) is 5.57 Å². The van der Waals surface area contributed by atoms with Crippen molar-refractivity contribution in [2.24, 2.45) is 11.3 Å². The minimum Gasteiger partial charge on any atom is -0.469 e. The molecule has 1 unspecified atom stereocenters. The van der Waals surface area contributed by atoms with Crippen molar-refractivity contribution in [2.75, 3.05) is 20.3 Å². The fraction of sp³-hybridized carbons (Fsp3) is 0.688. The van der Waals surface area contributed by atoms with E-state index in [1.54, 1.807) is 13.8 Å². The molecule has 22 heavy (non-hydrogen) atoms. The Labute approximate surface area is 130 Å². The van der Waals surface area contributed by atoms with Crippen LogP contribution in [0.25, 0.3) is 0 Å². The van der Waals surface area contributed by atoms with Crippen LogP contribution in [0.2, 0.25) is 0 Å². The third-order valence-electron chi connectivity index (χ3n) is 3.99. The highest BCUT2D eigenvalue weighted by atomic mass is 16.6. The Hall–Kier alpha value is -1.85. The predicted octanol–water partition coefficient (Wildman–Crippen LogP) is 2.02. The number of rotatable bonds is 6. The van der Waals surface area contributed by atoms with Crippen LogP contribution < -0.4 is 0 Å². The Kier molecular flexibility index (Phi) is 6.59. The van der Waals surface area contributed by atoms with E-state index in [4.69, 9.17) is 9.47 Å². The Morgan fingerprint density at radius 1 is 1.18 bits per heavy atom. The summed E-state index contributed by atoms with van der Waals surface area (Å²) in [6.45, 7) is 7.54. The van der Waals surface area contributed by atoms with Crippen LogP contribution in [0.4, 0.5) is 0 Å². The van der Waals surface area contributed by atoms with Crippen LogP contribution in [0.3, 0.4) is 0 Å². The van der Waals surface area contributed by atoms with E-state index in [1.165, 1.54) is 7.11 Å². The Morgan fingerprint density at radius 3 is 2.18 bits per heavy atom. The van der Waals surface area contributed by atoms with Gasteiger partial charge in [0.05, 0.1) is 26.7 Å². The maximum absolute atomic E-state index is 12.5. The normalized spacial score (nSPS) is 20.1. The third-order valence-corrected chi connectivity index (χ3v) is 3.99. The smallest absolute Gasteiger partial charge is 0.324 e. The van der Waals surface area contributed by atoms with Gasteiger partial charge in [-0.2, -0.15) is 0 Å². The molecule has 0 N–H and O–H groups in total. The zero-order chi connectivity index (χ0) is 16.8. The summed E-state index contributed by atoms with van der Waals surface area (Å²) < 4.78 is 14.9. The molecule has 1 atom stereocenters. The number of allylic oxidation sites excluding steroid dienone is 1. The van der Waals surface area contributed by atoms with Crippen LogP contribution in [0.1, 0.15) is 39.5 Å². The molecule has 0 bridgehead atoms. The van der Waals surface area contributed by atoms with Crippen LogP contribution >= 0.6 is 0 Å². The van der Waals surface area contributed by atoms with Gasteiger partial charge in [0.1, 0.15) is 0 Å². The molecule has 1 aliphatic rings. The number of hydrogen-bond donors (Lipinski definition) is 0. The highest BCUT2D eigenvalue weighted by molar-refractivity contribution is 6.01. The van der Waals surface area contributed by atoms with Crippen molar-refractivity contribution in [2.45, 2.75) is 39.5 Å². The lowest BCUT2D eigenvalue weighted by atomic mass is 9.63. The first-order valence-electron chi connectivity index (χ1n) is 7.50. The van der Waals surface area contributed by atoms with Gasteiger partial charge in [-0.15, -0.1) is 0 Å². The van der Waals surface area contributed by atoms with Crippen molar-refractivity contribution in [3.8, 4) is 0 Å². The van der Waals surface area contributed by atoms with Gasteiger partial charge in [0.15, 0.2) is 5.41 Å². The average molecular weight is 312 g/mol. The van der Waals surface area contributed by atoms with Gasteiger partial charge in [0, 0.05) is 0 Å². The Balaban J connectivity index is 3.23. The first kappa shape index (κ1) is 18.2. The molecule has 0 aliphatic heterocycles. The van der Waals surface area contributed by atoms with Gasteiger partial charge in [0.2, 0.25) is 0 Å². The summed E-state index contributed by atoms with van der Waals surface area (Å²) >= 11 is 0. The standard InChI is InChI=1S/C16H24O6/c1-5-21-14(18)16(15(19)22-6-2)10-11(3)7-8-12(16)9-13(17)20-4/h12H,3,5-10H2,1-2,4H3. The van der Waals surface area contributed by atoms with Gasteiger partial charge in [-0.3, -0.25) is 14.4 Å². The molecule has 0 spiro atoms. The molecule has 0 radical (unpaired) electrons. The van der Waals surface area contributed by atoms with Gasteiger partial charge in [0.25, 0.3) is 0 Å². The van der Waals surface area contributed by atoms with Crippen LogP contribution in [-0.4, -0.2) is 38.2 Å². The number of carbonyl (C=O) groups excluding carboxylic acids is 3. The largest absolute Gasteiger partial charge is 0.469 e. The van der Waals surface area contributed by atoms with Crippen LogP contribution in [-0.2, 0) is 28.6 Å². The van der Waals surface area contributed by atoms with Crippen LogP contribution in [0.5, 0.6) is 0 Å². The average Bonchev–Trinajstić information content (AvgIpc) is 2.49. The van der Waals surface area contributed by atoms with Gasteiger partial charge in [-0.25, -0.2) is 0 Å². The number of carbonyl (C=O) groups is 3. The zero-order valence-electron chi connectivity index (χ0n) is 13.5. The molecule has 0 saturated heterocycles. The van der Waals surface area contributed by atoms with E-state index < -0.39 is 29.2 Å². The minimum absolute atomic E-state index is 0.0264. The number of esters is 3. The first-order valence-corrected chi connectivity index (χ1v) is 7.50. The molecule has 0 aromatic rings. The fourth-order valence-corrected chi connectivity index (χ4v) is 2.89. The van der Waals surface area contributed by atoms with E-state index in [0.29, 0.717) is 12.8 Å². The summed E-state index contributed by atoms with van der Waals surface area (Å²) in [5.74, 6) is -2.27. The van der Waals surface area contributed by atoms with Crippen molar-refractivity contribution in [3.63, 3.8) is 0 Å². The van der Waals surface area contributed by atoms with Crippen molar-refractivity contribution < 1.29 is 28.6 Å². The van der Waals surface area contributed by atoms with Gasteiger partial charge < -0.3 is 14.2 Å². The molecule has 0 aromatic carbocycles. The van der Waals surface area contributed by atoms with E-state index >= 15 is 0 Å². The van der Waals surface area contributed by atoms with Crippen molar-refractivity contribution >= 4 is 17.9 Å². The summed E-state index contributed by atoms with van der Waals surface area (Å²) in [5.41, 5.74) is -0.725. The second kappa shape index (κ2) is 7.96. The summed E-state index contributed by atoms with van der Waals surface area (Å²) in [6.07, 6.45) is 1.27. The van der Waals surface area contributed by atoms with Gasteiger partial charge >= 0.3 is 17.9 Å². The molecular weight excluding hydrogens is 288 g/mol. The SMILES string of the molecule is C=C1CCC(CC(=O)OC)C(C(=O)OCC)(C(=O)OCC)C1. The maximum Gasteiger partial charge on any atom is 0.324 e. The van der Waals surface area contributed by atoms with Gasteiger partial charge in [-0.1, -0.05) is 12.2 Å². The topological polar surface area (TPSA) is 78.9 Å². The molecule has 1 aliphatic carbocycles. The lowest BCUT2D eigenvalue weighted by molar-refractivity contribution is -0.179. The molecule has 0 aromatic heterocycles. The molecule has 1 saturated carbocycles. The highest BCUT2D eigenvalue weighted by Crippen LogP contribution is 2.47. The van der Waals surface area contributed by atoms with Crippen molar-refractivity contribution in [3.05, 3.63) is 12.2 Å². The maximum atomic E-state index is 12.5. The highest BCUT2D eigenvalue weighted by Gasteiger charge is 2.57. The van der Waals surface area contributed by atoms with E-state index in [9.17, 15) is 14.4 Å². The number of ether oxygens (including phenoxy) is 3. The monoisotopic (exact) mass is 312 g/mol. The number of hydrogen-bond acceptors (Lipinski definition) is 6. The zero-order valence-corrected chi connectivity index (χ0v) is 13.5. The van der Waals surface area contributed by atoms with E-state index in [1.807, 2.05) is 0 Å². The van der Waals surface area contributed by atoms with Crippen LogP contribution in [0, 0.1) is 11.3 Å². The van der Waals surface area contributed by atoms with Crippen molar-refractivity contribution in [1.29, 1.82) is 0 Å². The summed E-state index contributed by atoms with van der Waals surface area (Å²) in [5, 5.41) is 0. The third kappa shape index (κ3) is 3.67. The number of methoxy groups -OCH3 is 1. The molecule has 1 fully saturated rings. The van der Waals surface area contributed by atoms with Crippen molar-refractivity contribution in [1.82, 2.24) is 0 Å². The minimum atomic E-state index is -1.50. The molecule has 0 amide bonds. The predicted molar refractivity (Wildman–Crippen MR) is 78.8 cm³/mol. The molecule has 0 heterocycles. The van der Waals surface area contributed by atoms with E-state index in [-0.39, 0.29) is 26.1 Å². The molecule has 124 valence electrons. The summed E-state index contributed by atoms with van der Waals surface area (Å²) in [4.78, 5) is 36.8. The molecule has 6 heteroatoms. The molecular formula is C16H24O6. The quantitative estimate of drug-likeness (QED) is 0.323. The van der Waals surface area contributed by atoms with Gasteiger partial charge in [-0.05, 0) is 39.0 Å². The second-order valence-corrected chi connectivity index (χ2v) is 5.35. The first-order chi connectivity index (χ1) is 10.4. The molecule has 1 rings (SSSR count). The summed E-state index contributed by atoms with van der Waals surface area (Å²) in [6, 6.07) is 0. The summed E-state index contributed by atoms with van der Waals surface area (Å²) in [7, 11) is 1.28. The Bertz CT molecular complexity index is 436. The second-order valence-electron chi connectivity index (χ2n) is 5.35. The van der Waals surface area contributed by atoms with E-state index in [2.05, 4.69) is 11.3 Å². The lowest BCUT2D eigenvalue weighted by Gasteiger charge is -2.40. The van der Waals surface area contributed by atoms with Crippen LogP contribution in [0.15, 0.2) is 12.2 Å². The lowest BCUT2D eigenvalue weighted by Crippen LogP contribution is -2.50. The Morgan fingerprint density at radius 2 is 1.73 bits per heavy atom.